The summed E-state index contributed by atoms with van der Waals surface area (Å²) >= 11 is 0. The van der Waals surface area contributed by atoms with Gasteiger partial charge in [-0.1, -0.05) is 42.3 Å². The van der Waals surface area contributed by atoms with E-state index in [0.717, 1.165) is 42.6 Å². The van der Waals surface area contributed by atoms with Gasteiger partial charge in [0, 0.05) is 30.6 Å². The highest BCUT2D eigenvalue weighted by Gasteiger charge is 2.22. The van der Waals surface area contributed by atoms with Crippen molar-refractivity contribution in [1.82, 2.24) is 5.01 Å². The van der Waals surface area contributed by atoms with Gasteiger partial charge in [0.1, 0.15) is 5.82 Å². The molecule has 4 rings (SSSR count). The molecule has 0 saturated carbocycles. The van der Waals surface area contributed by atoms with Crippen molar-refractivity contribution in [2.45, 2.75) is 19.3 Å². The molecule has 1 saturated heterocycles. The lowest BCUT2D eigenvalue weighted by Crippen LogP contribution is -2.48. The smallest absolute Gasteiger partial charge is 0.123 e. The lowest BCUT2D eigenvalue weighted by Gasteiger charge is -2.41. The molecule has 3 heteroatoms. The molecule has 1 aliphatic heterocycles. The predicted octanol–water partition coefficient (Wildman–Crippen LogP) is 5.02. The maximum Gasteiger partial charge on any atom is 0.123 e. The highest BCUT2D eigenvalue weighted by Crippen LogP contribution is 2.32. The molecule has 0 aromatic heterocycles. The molecule has 0 atom stereocenters. The lowest BCUT2D eigenvalue weighted by atomic mass is 10.0. The van der Waals surface area contributed by atoms with Gasteiger partial charge < -0.3 is 5.01 Å². The summed E-state index contributed by atoms with van der Waals surface area (Å²) in [6, 6.07) is 19.4. The molecule has 0 bridgehead atoms. The number of benzene rings is 3. The Morgan fingerprint density at radius 3 is 2.56 bits per heavy atom. The van der Waals surface area contributed by atoms with Crippen LogP contribution < -0.4 is 5.01 Å². The van der Waals surface area contributed by atoms with Crippen LogP contribution in [0.1, 0.15) is 24.0 Å². The average Bonchev–Trinajstić information content (AvgIpc) is 2.72. The maximum absolute atomic E-state index is 13.5. The molecule has 27 heavy (non-hydrogen) atoms. The first-order valence-electron chi connectivity index (χ1n) is 9.51. The quantitative estimate of drug-likeness (QED) is 0.604. The van der Waals surface area contributed by atoms with Gasteiger partial charge in [0.25, 0.3) is 0 Å². The Morgan fingerprint density at radius 2 is 1.74 bits per heavy atom. The number of nitrogens with zero attached hydrogens (tertiary/aromatic N) is 2. The molecule has 2 nitrogen and oxygen atoms in total. The van der Waals surface area contributed by atoms with Crippen LogP contribution in [0.25, 0.3) is 10.8 Å². The molecule has 0 radical (unpaired) electrons. The topological polar surface area (TPSA) is 6.48 Å². The molecule has 3 aromatic carbocycles. The molecule has 0 amide bonds. The zero-order valence-electron chi connectivity index (χ0n) is 15.4. The highest BCUT2D eigenvalue weighted by molar-refractivity contribution is 5.97. The predicted molar refractivity (Wildman–Crippen MR) is 110 cm³/mol. The summed E-state index contributed by atoms with van der Waals surface area (Å²) in [5, 5.41) is 7.08. The van der Waals surface area contributed by atoms with Crippen molar-refractivity contribution < 1.29 is 4.39 Å². The van der Waals surface area contributed by atoms with Crippen molar-refractivity contribution in [1.29, 1.82) is 0 Å². The number of rotatable bonds is 4. The van der Waals surface area contributed by atoms with E-state index < -0.39 is 0 Å². The number of hydrogen-bond acceptors (Lipinski definition) is 2. The van der Waals surface area contributed by atoms with Gasteiger partial charge in [-0.25, -0.2) is 9.40 Å². The maximum atomic E-state index is 13.5. The summed E-state index contributed by atoms with van der Waals surface area (Å²) in [5.74, 6) is 2.63. The van der Waals surface area contributed by atoms with Crippen LogP contribution in [0.4, 0.5) is 10.1 Å². The molecule has 0 spiro atoms. The molecule has 1 fully saturated rings. The van der Waals surface area contributed by atoms with Gasteiger partial charge in [-0.05, 0) is 54.5 Å². The highest BCUT2D eigenvalue weighted by atomic mass is 19.1. The van der Waals surface area contributed by atoms with Crippen LogP contribution in [0.15, 0.2) is 60.7 Å². The Kier molecular flexibility index (Phi) is 5.09. The largest absolute Gasteiger partial charge is 0.305 e. The zero-order valence-corrected chi connectivity index (χ0v) is 15.4. The first kappa shape index (κ1) is 17.6. The Hall–Kier alpha value is -2.83. The van der Waals surface area contributed by atoms with Gasteiger partial charge >= 0.3 is 0 Å². The number of hydrazine groups is 1. The molecule has 0 N–H and O–H groups in total. The third kappa shape index (κ3) is 3.67. The van der Waals surface area contributed by atoms with Gasteiger partial charge in [-0.15, -0.1) is 6.42 Å². The Labute approximate surface area is 160 Å². The molecule has 3 aromatic rings. The third-order valence-corrected chi connectivity index (χ3v) is 5.26. The second kappa shape index (κ2) is 7.82. The van der Waals surface area contributed by atoms with Crippen LogP contribution in [0, 0.1) is 18.2 Å². The summed E-state index contributed by atoms with van der Waals surface area (Å²) in [6.07, 6.45) is 8.87. The molecule has 0 aliphatic carbocycles. The summed E-state index contributed by atoms with van der Waals surface area (Å²) in [4.78, 5) is 0. The van der Waals surface area contributed by atoms with Crippen molar-refractivity contribution in [3.63, 3.8) is 0 Å². The fraction of sp³-hybridized carbons (Fsp3) is 0.250. The second-order valence-corrected chi connectivity index (χ2v) is 6.99. The van der Waals surface area contributed by atoms with Gasteiger partial charge in [-0.2, -0.15) is 0 Å². The van der Waals surface area contributed by atoms with Gasteiger partial charge in [0.2, 0.25) is 0 Å². The van der Waals surface area contributed by atoms with Gasteiger partial charge in [0.15, 0.2) is 0 Å². The molecule has 136 valence electrons. The fourth-order valence-electron chi connectivity index (χ4n) is 3.91. The SMILES string of the molecule is C#Cc1ccc(N2CCCCN2CCc2cccc(F)c2)c2ccccc12. The lowest BCUT2D eigenvalue weighted by molar-refractivity contribution is 0.215. The summed E-state index contributed by atoms with van der Waals surface area (Å²) < 4.78 is 13.5. The van der Waals surface area contributed by atoms with Crippen molar-refractivity contribution >= 4 is 16.5 Å². The van der Waals surface area contributed by atoms with Crippen LogP contribution >= 0.6 is 0 Å². The van der Waals surface area contributed by atoms with Crippen LogP contribution in [-0.2, 0) is 6.42 Å². The van der Waals surface area contributed by atoms with E-state index in [2.05, 4.69) is 40.2 Å². The van der Waals surface area contributed by atoms with Crippen LogP contribution in [0.5, 0.6) is 0 Å². The number of terminal acetylenes is 1. The molecular formula is C24H23FN2. The van der Waals surface area contributed by atoms with Crippen molar-refractivity contribution in [3.8, 4) is 12.3 Å². The van der Waals surface area contributed by atoms with Gasteiger partial charge in [0.05, 0.1) is 5.69 Å². The minimum Gasteiger partial charge on any atom is -0.305 e. The number of fused-ring (bicyclic) bond motifs is 1. The van der Waals surface area contributed by atoms with E-state index in [9.17, 15) is 4.39 Å². The number of halogens is 1. The summed E-state index contributed by atoms with van der Waals surface area (Å²) in [6.45, 7) is 2.87. The summed E-state index contributed by atoms with van der Waals surface area (Å²) in [5.41, 5.74) is 3.16. The Morgan fingerprint density at radius 1 is 0.926 bits per heavy atom. The van der Waals surface area contributed by atoms with Gasteiger partial charge in [-0.3, -0.25) is 0 Å². The average molecular weight is 358 g/mol. The Bertz CT molecular complexity index is 989. The molecule has 0 unspecified atom stereocenters. The molecule has 1 heterocycles. The van der Waals surface area contributed by atoms with Crippen molar-refractivity contribution in [3.05, 3.63) is 77.6 Å². The van der Waals surface area contributed by atoms with Crippen LogP contribution in [0.3, 0.4) is 0 Å². The van der Waals surface area contributed by atoms with Crippen molar-refractivity contribution in [2.75, 3.05) is 24.6 Å². The zero-order chi connectivity index (χ0) is 18.6. The number of anilines is 1. The molecular weight excluding hydrogens is 335 g/mol. The van der Waals surface area contributed by atoms with E-state index >= 15 is 0 Å². The summed E-state index contributed by atoms with van der Waals surface area (Å²) in [7, 11) is 0. The minimum absolute atomic E-state index is 0.168. The Balaban J connectivity index is 1.63. The van der Waals surface area contributed by atoms with E-state index in [1.54, 1.807) is 12.1 Å². The van der Waals surface area contributed by atoms with E-state index in [1.807, 2.05) is 18.2 Å². The van der Waals surface area contributed by atoms with E-state index in [-0.39, 0.29) is 5.82 Å². The third-order valence-electron chi connectivity index (χ3n) is 5.26. The van der Waals surface area contributed by atoms with Crippen LogP contribution in [-0.4, -0.2) is 24.6 Å². The second-order valence-electron chi connectivity index (χ2n) is 6.99. The minimum atomic E-state index is -0.168. The standard InChI is InChI=1S/C24H23FN2/c1-2-20-12-13-24(23-11-4-3-10-22(20)23)27-16-6-5-15-26(27)17-14-19-8-7-9-21(25)18-19/h1,3-4,7-13,18H,5-6,14-17H2. The fourth-order valence-corrected chi connectivity index (χ4v) is 3.91. The normalized spacial score (nSPS) is 15.0. The van der Waals surface area contributed by atoms with E-state index in [0.29, 0.717) is 0 Å². The molecule has 1 aliphatic rings. The number of hydrogen-bond donors (Lipinski definition) is 0. The van der Waals surface area contributed by atoms with E-state index in [4.69, 9.17) is 6.42 Å². The van der Waals surface area contributed by atoms with Crippen molar-refractivity contribution in [2.24, 2.45) is 0 Å². The van der Waals surface area contributed by atoms with E-state index in [1.165, 1.54) is 30.0 Å². The first-order valence-corrected chi connectivity index (χ1v) is 9.51. The monoisotopic (exact) mass is 358 g/mol. The van der Waals surface area contributed by atoms with Crippen LogP contribution in [0.2, 0.25) is 0 Å². The first-order chi connectivity index (χ1) is 13.3.